The van der Waals surface area contributed by atoms with Gasteiger partial charge in [0, 0.05) is 47.3 Å². The van der Waals surface area contributed by atoms with Crippen molar-refractivity contribution in [3.63, 3.8) is 0 Å². The van der Waals surface area contributed by atoms with Crippen LogP contribution in [0, 0.1) is 13.8 Å². The lowest BCUT2D eigenvalue weighted by Crippen LogP contribution is -2.13. The van der Waals surface area contributed by atoms with Gasteiger partial charge in [0.1, 0.15) is 11.5 Å². The van der Waals surface area contributed by atoms with Gasteiger partial charge in [0.15, 0.2) is 0 Å². The molecule has 57 heavy (non-hydrogen) atoms. The summed E-state index contributed by atoms with van der Waals surface area (Å²) in [5, 5.41) is 11.1. The highest BCUT2D eigenvalue weighted by Gasteiger charge is 2.37. The highest BCUT2D eigenvalue weighted by molar-refractivity contribution is 6.05. The van der Waals surface area contributed by atoms with Crippen molar-refractivity contribution in [1.29, 1.82) is 0 Å². The molecule has 0 aliphatic carbocycles. The number of halogens is 6. The van der Waals surface area contributed by atoms with Crippen molar-refractivity contribution in [3.05, 3.63) is 155 Å². The summed E-state index contributed by atoms with van der Waals surface area (Å²) in [7, 11) is 3.30. The zero-order chi connectivity index (χ0) is 41.9. The second-order valence-corrected chi connectivity index (χ2v) is 12.2. The van der Waals surface area contributed by atoms with Gasteiger partial charge in [-0.05, 0) is 114 Å². The molecule has 0 atom stereocenters. The van der Waals surface area contributed by atoms with Crippen LogP contribution in [0.25, 0.3) is 22.3 Å². The number of ether oxygens (including phenoxy) is 2. The van der Waals surface area contributed by atoms with E-state index in [1.165, 1.54) is 61.2 Å². The lowest BCUT2D eigenvalue weighted by atomic mass is 9.96. The minimum Gasteiger partial charge on any atom is -0.497 e. The Morgan fingerprint density at radius 2 is 1.23 bits per heavy atom. The number of alkyl halides is 6. The zero-order valence-electron chi connectivity index (χ0n) is 30.9. The van der Waals surface area contributed by atoms with Gasteiger partial charge in [0.25, 0.3) is 5.91 Å². The normalized spacial score (nSPS) is 10.9. The smallest absolute Gasteiger partial charge is 0.417 e. The number of nitrogen functional groups attached to an aromatic ring is 1. The van der Waals surface area contributed by atoms with E-state index in [1.807, 2.05) is 42.5 Å². The summed E-state index contributed by atoms with van der Waals surface area (Å²) in [6.45, 7) is 3.41. The summed E-state index contributed by atoms with van der Waals surface area (Å²) in [4.78, 5) is 30.4. The van der Waals surface area contributed by atoms with Crippen LogP contribution in [-0.2, 0) is 12.4 Å². The van der Waals surface area contributed by atoms with Crippen LogP contribution < -0.4 is 20.5 Å². The SMILES string of the molecule is COc1ccc(OC)c(-c2ccc(N)cc2)c1.Cc1cnccc1C(=O)Nc1ccc(-c2cc(C(F)(F)F)ccc2C(F)(F)F)cc1.Cc1cnccc1C(=O)O. The summed E-state index contributed by atoms with van der Waals surface area (Å²) in [6, 6.07) is 22.8. The van der Waals surface area contributed by atoms with Crippen LogP contribution in [0.3, 0.4) is 0 Å². The van der Waals surface area contributed by atoms with E-state index in [0.29, 0.717) is 40.5 Å². The molecule has 0 aliphatic heterocycles. The Hall–Kier alpha value is -6.90. The quantitative estimate of drug-likeness (QED) is 0.107. The van der Waals surface area contributed by atoms with Crippen molar-refractivity contribution in [2.24, 2.45) is 0 Å². The number of rotatable bonds is 7. The molecule has 0 saturated carbocycles. The minimum absolute atomic E-state index is 0.0634. The van der Waals surface area contributed by atoms with Crippen molar-refractivity contribution in [1.82, 2.24) is 9.97 Å². The van der Waals surface area contributed by atoms with E-state index in [9.17, 15) is 35.9 Å². The molecule has 4 aromatic carbocycles. The molecule has 0 aliphatic rings. The van der Waals surface area contributed by atoms with Gasteiger partial charge >= 0.3 is 18.3 Å². The van der Waals surface area contributed by atoms with Gasteiger partial charge in [-0.2, -0.15) is 26.3 Å². The summed E-state index contributed by atoms with van der Waals surface area (Å²) in [6.07, 6.45) is -3.66. The van der Waals surface area contributed by atoms with Crippen molar-refractivity contribution < 1.29 is 50.5 Å². The topological polar surface area (TPSA) is 137 Å². The van der Waals surface area contributed by atoms with Gasteiger partial charge in [-0.25, -0.2) is 4.79 Å². The van der Waals surface area contributed by atoms with Crippen molar-refractivity contribution in [3.8, 4) is 33.8 Å². The van der Waals surface area contributed by atoms with Gasteiger partial charge in [-0.1, -0.05) is 24.3 Å². The molecular weight excluding hydrogens is 754 g/mol. The fourth-order valence-electron chi connectivity index (χ4n) is 5.28. The molecule has 296 valence electrons. The Morgan fingerprint density at radius 3 is 1.72 bits per heavy atom. The fourth-order valence-corrected chi connectivity index (χ4v) is 5.28. The fraction of sp³-hybridized carbons (Fsp3) is 0.143. The average molecular weight is 791 g/mol. The molecule has 0 saturated heterocycles. The number of carbonyl (C=O) groups is 2. The third kappa shape index (κ3) is 11.6. The number of nitrogens with zero attached hydrogens (tertiary/aromatic N) is 2. The average Bonchev–Trinajstić information content (AvgIpc) is 3.18. The Kier molecular flexibility index (Phi) is 14.0. The molecule has 6 aromatic rings. The number of carboxylic acid groups (broad SMARTS) is 1. The predicted octanol–water partition coefficient (Wildman–Crippen LogP) is 10.4. The molecule has 1 amide bonds. The largest absolute Gasteiger partial charge is 0.497 e. The number of carboxylic acids is 1. The molecule has 0 spiro atoms. The zero-order valence-corrected chi connectivity index (χ0v) is 30.9. The number of aromatic carboxylic acids is 1. The van der Waals surface area contributed by atoms with E-state index in [2.05, 4.69) is 15.3 Å². The van der Waals surface area contributed by atoms with Crippen LogP contribution >= 0.6 is 0 Å². The van der Waals surface area contributed by atoms with Gasteiger partial charge in [-0.15, -0.1) is 0 Å². The molecule has 0 fully saturated rings. The molecule has 4 N–H and O–H groups in total. The first kappa shape index (κ1) is 42.8. The highest BCUT2D eigenvalue weighted by atomic mass is 19.4. The maximum absolute atomic E-state index is 13.3. The predicted molar refractivity (Wildman–Crippen MR) is 204 cm³/mol. The molecule has 6 rings (SSSR count). The number of anilines is 2. The lowest BCUT2D eigenvalue weighted by Gasteiger charge is -2.16. The lowest BCUT2D eigenvalue weighted by molar-refractivity contribution is -0.141. The van der Waals surface area contributed by atoms with Crippen LogP contribution in [-0.4, -0.2) is 41.2 Å². The molecule has 2 heterocycles. The molecular formula is C42H36F6N4O5. The van der Waals surface area contributed by atoms with Crippen LogP contribution in [0.5, 0.6) is 11.5 Å². The van der Waals surface area contributed by atoms with E-state index >= 15 is 0 Å². The first-order valence-corrected chi connectivity index (χ1v) is 16.8. The number of methoxy groups -OCH3 is 2. The molecule has 0 radical (unpaired) electrons. The summed E-state index contributed by atoms with van der Waals surface area (Å²) in [5.74, 6) is 0.269. The Bertz CT molecular complexity index is 2310. The maximum atomic E-state index is 13.3. The Morgan fingerprint density at radius 1 is 0.667 bits per heavy atom. The first-order valence-electron chi connectivity index (χ1n) is 16.8. The van der Waals surface area contributed by atoms with Crippen molar-refractivity contribution in [2.45, 2.75) is 26.2 Å². The summed E-state index contributed by atoms with van der Waals surface area (Å²) < 4.78 is 89.4. The summed E-state index contributed by atoms with van der Waals surface area (Å²) >= 11 is 0. The molecule has 0 unspecified atom stereocenters. The number of hydrogen-bond donors (Lipinski definition) is 3. The number of nitrogens with one attached hydrogen (secondary N) is 1. The second-order valence-electron chi connectivity index (χ2n) is 12.2. The number of aryl methyl sites for hydroxylation is 2. The number of benzene rings is 4. The monoisotopic (exact) mass is 790 g/mol. The number of aromatic nitrogens is 2. The minimum atomic E-state index is -4.83. The molecule has 9 nitrogen and oxygen atoms in total. The standard InChI is InChI=1S/C21H14F6N2O.C14H15NO2.C7H7NO2/c1-12-11-28-9-8-16(12)19(30)29-15-5-2-13(3-6-15)17-10-14(20(22,23)24)4-7-18(17)21(25,26)27;1-16-12-7-8-14(17-2)13(9-12)10-3-5-11(15)6-4-10;1-5-4-8-3-2-6(5)7(9)10/h2-11H,1H3,(H,29,30);3-9H,15H2,1-2H3;2-4H,1H3,(H,9,10). The summed E-state index contributed by atoms with van der Waals surface area (Å²) in [5.41, 5.74) is 7.72. The number of carbonyl (C=O) groups excluding carboxylic acids is 1. The van der Waals surface area contributed by atoms with E-state index in [1.54, 1.807) is 28.1 Å². The van der Waals surface area contributed by atoms with E-state index in [0.717, 1.165) is 28.3 Å². The van der Waals surface area contributed by atoms with E-state index < -0.39 is 40.9 Å². The van der Waals surface area contributed by atoms with Crippen LogP contribution in [0.1, 0.15) is 43.0 Å². The molecule has 0 bridgehead atoms. The Labute approximate surface area is 323 Å². The number of nitrogens with two attached hydrogens (primary N) is 1. The third-order valence-electron chi connectivity index (χ3n) is 8.25. The molecule has 15 heteroatoms. The van der Waals surface area contributed by atoms with E-state index in [-0.39, 0.29) is 11.3 Å². The maximum Gasteiger partial charge on any atom is 0.417 e. The first-order chi connectivity index (χ1) is 26.9. The number of amides is 1. The van der Waals surface area contributed by atoms with Gasteiger partial charge in [0.2, 0.25) is 0 Å². The number of pyridine rings is 2. The Balaban J connectivity index is 0.000000222. The van der Waals surface area contributed by atoms with Crippen LogP contribution in [0.15, 0.2) is 122 Å². The van der Waals surface area contributed by atoms with Crippen LogP contribution in [0.2, 0.25) is 0 Å². The van der Waals surface area contributed by atoms with Gasteiger partial charge in [0.05, 0.1) is 30.9 Å². The van der Waals surface area contributed by atoms with E-state index in [4.69, 9.17) is 20.3 Å². The van der Waals surface area contributed by atoms with Crippen LogP contribution in [0.4, 0.5) is 37.7 Å². The van der Waals surface area contributed by atoms with Gasteiger partial charge in [-0.3, -0.25) is 14.8 Å². The van der Waals surface area contributed by atoms with Crippen molar-refractivity contribution in [2.75, 3.05) is 25.3 Å². The van der Waals surface area contributed by atoms with Gasteiger partial charge < -0.3 is 25.6 Å². The second kappa shape index (κ2) is 18.6. The van der Waals surface area contributed by atoms with Crippen molar-refractivity contribution >= 4 is 23.3 Å². The number of hydrogen-bond acceptors (Lipinski definition) is 7. The third-order valence-corrected chi connectivity index (χ3v) is 8.25. The highest BCUT2D eigenvalue weighted by Crippen LogP contribution is 2.41. The molecule has 2 aromatic heterocycles.